The van der Waals surface area contributed by atoms with Crippen LogP contribution in [-0.2, 0) is 14.3 Å². The van der Waals surface area contributed by atoms with Crippen molar-refractivity contribution in [1.82, 2.24) is 0 Å². The quantitative estimate of drug-likeness (QED) is 0.488. The van der Waals surface area contributed by atoms with Crippen molar-refractivity contribution in [2.24, 2.45) is 0 Å². The SMILES string of the molecule is CCC(CC)(c1ccccc1)P(=O)(O)O[N+](=O)[O-]. The van der Waals surface area contributed by atoms with E-state index in [1.54, 1.807) is 44.2 Å². The van der Waals surface area contributed by atoms with Crippen LogP contribution in [0.4, 0.5) is 0 Å². The Morgan fingerprint density at radius 1 is 1.33 bits per heavy atom. The molecule has 0 fully saturated rings. The van der Waals surface area contributed by atoms with Crippen LogP contribution in [0.15, 0.2) is 30.3 Å². The van der Waals surface area contributed by atoms with E-state index in [0.717, 1.165) is 0 Å². The van der Waals surface area contributed by atoms with Gasteiger partial charge < -0.3 is 4.89 Å². The minimum absolute atomic E-state index is 0.273. The minimum atomic E-state index is -4.41. The number of nitrogens with zero attached hydrogens (tertiary/aromatic N) is 1. The summed E-state index contributed by atoms with van der Waals surface area (Å²) in [5.74, 6) is 0. The predicted molar refractivity (Wildman–Crippen MR) is 66.6 cm³/mol. The first kappa shape index (κ1) is 14.7. The van der Waals surface area contributed by atoms with Crippen molar-refractivity contribution in [3.63, 3.8) is 0 Å². The van der Waals surface area contributed by atoms with Gasteiger partial charge in [0, 0.05) is 0 Å². The molecule has 0 aliphatic heterocycles. The molecule has 1 aromatic carbocycles. The Kier molecular flexibility index (Phi) is 4.48. The molecule has 1 N–H and O–H groups in total. The zero-order valence-corrected chi connectivity index (χ0v) is 11.2. The van der Waals surface area contributed by atoms with E-state index in [1.165, 1.54) is 0 Å². The van der Waals surface area contributed by atoms with E-state index in [9.17, 15) is 19.6 Å². The normalized spacial score (nSPS) is 14.8. The number of hydrogen-bond donors (Lipinski definition) is 1. The van der Waals surface area contributed by atoms with Crippen molar-refractivity contribution >= 4 is 7.60 Å². The molecule has 100 valence electrons. The highest BCUT2D eigenvalue weighted by Gasteiger charge is 2.49. The summed E-state index contributed by atoms with van der Waals surface area (Å²) in [5.41, 5.74) is 0.572. The Morgan fingerprint density at radius 2 is 1.83 bits per heavy atom. The molecule has 0 heterocycles. The summed E-state index contributed by atoms with van der Waals surface area (Å²) >= 11 is 0. The van der Waals surface area contributed by atoms with Gasteiger partial charge in [0.1, 0.15) is 0 Å². The molecular formula is C11H16NO5P. The average Bonchev–Trinajstić information content (AvgIpc) is 2.30. The largest absolute Gasteiger partial charge is 0.378 e. The molecule has 0 aliphatic rings. The fourth-order valence-corrected chi connectivity index (χ4v) is 3.75. The highest BCUT2D eigenvalue weighted by Crippen LogP contribution is 2.64. The van der Waals surface area contributed by atoms with Crippen LogP contribution in [0, 0.1) is 10.1 Å². The highest BCUT2D eigenvalue weighted by atomic mass is 31.2. The molecule has 0 aliphatic carbocycles. The monoisotopic (exact) mass is 273 g/mol. The standard InChI is InChI=1S/C11H16NO5P/c1-3-11(4-2,10-8-6-5-7-9-10)18(15,16)17-12(13)14/h5-9H,3-4H2,1-2H3,(H,15,16). The molecule has 0 bridgehead atoms. The van der Waals surface area contributed by atoms with E-state index in [4.69, 9.17) is 0 Å². The second-order valence-electron chi connectivity index (χ2n) is 3.93. The molecule has 1 atom stereocenters. The maximum Gasteiger partial charge on any atom is 0.378 e. The van der Waals surface area contributed by atoms with Crippen molar-refractivity contribution in [2.75, 3.05) is 0 Å². The van der Waals surface area contributed by atoms with Gasteiger partial charge in [0.05, 0.1) is 5.16 Å². The van der Waals surface area contributed by atoms with E-state index in [1.807, 2.05) is 0 Å². The lowest BCUT2D eigenvalue weighted by Gasteiger charge is -2.34. The smallest absolute Gasteiger partial charge is 0.325 e. The summed E-state index contributed by atoms with van der Waals surface area (Å²) in [6.45, 7) is 3.42. The molecule has 7 heteroatoms. The first-order valence-electron chi connectivity index (χ1n) is 5.62. The molecule has 0 saturated heterocycles. The summed E-state index contributed by atoms with van der Waals surface area (Å²) in [6.07, 6.45) is 0.546. The van der Waals surface area contributed by atoms with Gasteiger partial charge in [-0.15, -0.1) is 10.1 Å². The Labute approximate surface area is 105 Å². The molecule has 0 aromatic heterocycles. The molecule has 0 radical (unpaired) electrons. The zero-order valence-electron chi connectivity index (χ0n) is 10.3. The van der Waals surface area contributed by atoms with E-state index in [0.29, 0.717) is 5.56 Å². The van der Waals surface area contributed by atoms with E-state index in [2.05, 4.69) is 4.62 Å². The first-order chi connectivity index (χ1) is 8.39. The Morgan fingerprint density at radius 3 is 2.22 bits per heavy atom. The lowest BCUT2D eigenvalue weighted by atomic mass is 9.93. The van der Waals surface area contributed by atoms with Crippen molar-refractivity contribution in [1.29, 1.82) is 0 Å². The van der Waals surface area contributed by atoms with Gasteiger partial charge in [0.15, 0.2) is 0 Å². The van der Waals surface area contributed by atoms with Crippen molar-refractivity contribution in [3.8, 4) is 0 Å². The maximum absolute atomic E-state index is 12.2. The van der Waals surface area contributed by atoms with Gasteiger partial charge in [-0.2, -0.15) is 0 Å². The van der Waals surface area contributed by atoms with Crippen molar-refractivity contribution in [3.05, 3.63) is 46.0 Å². The molecular weight excluding hydrogens is 257 g/mol. The highest BCUT2D eigenvalue weighted by molar-refractivity contribution is 7.54. The van der Waals surface area contributed by atoms with Crippen LogP contribution in [0.1, 0.15) is 32.3 Å². The van der Waals surface area contributed by atoms with Gasteiger partial charge in [-0.3, -0.25) is 4.57 Å². The molecule has 6 nitrogen and oxygen atoms in total. The molecule has 0 spiro atoms. The van der Waals surface area contributed by atoms with Crippen LogP contribution in [0.25, 0.3) is 0 Å². The fourth-order valence-electron chi connectivity index (χ4n) is 2.14. The fraction of sp³-hybridized carbons (Fsp3) is 0.455. The van der Waals surface area contributed by atoms with Gasteiger partial charge in [-0.05, 0) is 18.4 Å². The van der Waals surface area contributed by atoms with Gasteiger partial charge in [-0.25, -0.2) is 4.62 Å². The average molecular weight is 273 g/mol. The summed E-state index contributed by atoms with van der Waals surface area (Å²) in [4.78, 5) is 20.3. The van der Waals surface area contributed by atoms with Crippen LogP contribution in [-0.4, -0.2) is 9.98 Å². The summed E-state index contributed by atoms with van der Waals surface area (Å²) in [7, 11) is -4.41. The lowest BCUT2D eigenvalue weighted by molar-refractivity contribution is -0.716. The second-order valence-corrected chi connectivity index (χ2v) is 5.99. The van der Waals surface area contributed by atoms with Crippen LogP contribution >= 0.6 is 7.60 Å². The molecule has 0 saturated carbocycles. The third kappa shape index (κ3) is 2.54. The third-order valence-electron chi connectivity index (χ3n) is 3.20. The Balaban J connectivity index is 3.32. The van der Waals surface area contributed by atoms with Crippen LogP contribution in [0.5, 0.6) is 0 Å². The Bertz CT molecular complexity index is 458. The van der Waals surface area contributed by atoms with Gasteiger partial charge in [0.25, 0.3) is 0 Å². The molecule has 1 aromatic rings. The molecule has 18 heavy (non-hydrogen) atoms. The van der Waals surface area contributed by atoms with E-state index in [-0.39, 0.29) is 12.8 Å². The number of rotatable bonds is 6. The minimum Gasteiger partial charge on any atom is -0.325 e. The van der Waals surface area contributed by atoms with Gasteiger partial charge >= 0.3 is 12.7 Å². The van der Waals surface area contributed by atoms with Gasteiger partial charge in [0.2, 0.25) is 0 Å². The van der Waals surface area contributed by atoms with Crippen molar-refractivity contribution < 1.29 is 19.2 Å². The van der Waals surface area contributed by atoms with E-state index >= 15 is 0 Å². The number of benzene rings is 1. The Hall–Kier alpha value is -1.39. The first-order valence-corrected chi connectivity index (χ1v) is 7.20. The zero-order chi connectivity index (χ0) is 13.8. The van der Waals surface area contributed by atoms with Crippen LogP contribution in [0.2, 0.25) is 0 Å². The van der Waals surface area contributed by atoms with Crippen LogP contribution in [0.3, 0.4) is 0 Å². The molecule has 1 unspecified atom stereocenters. The number of hydrogen-bond acceptors (Lipinski definition) is 4. The third-order valence-corrected chi connectivity index (χ3v) is 5.53. The summed E-state index contributed by atoms with van der Waals surface area (Å²) in [5, 5.41) is 7.92. The topological polar surface area (TPSA) is 89.7 Å². The maximum atomic E-state index is 12.2. The molecule has 1 rings (SSSR count). The van der Waals surface area contributed by atoms with Crippen molar-refractivity contribution in [2.45, 2.75) is 31.8 Å². The molecule has 0 amide bonds. The van der Waals surface area contributed by atoms with Gasteiger partial charge in [-0.1, -0.05) is 44.2 Å². The summed E-state index contributed by atoms with van der Waals surface area (Å²) in [6, 6.07) is 8.58. The lowest BCUT2D eigenvalue weighted by Crippen LogP contribution is -2.26. The second kappa shape index (κ2) is 5.50. The van der Waals surface area contributed by atoms with E-state index < -0.39 is 17.8 Å². The van der Waals surface area contributed by atoms with Crippen LogP contribution < -0.4 is 0 Å². The predicted octanol–water partition coefficient (Wildman–Crippen LogP) is 3.10. The summed E-state index contributed by atoms with van der Waals surface area (Å²) < 4.78 is 16.3.